The van der Waals surface area contributed by atoms with Crippen molar-refractivity contribution in [1.82, 2.24) is 0 Å². The molecule has 0 N–H and O–H groups in total. The van der Waals surface area contributed by atoms with Gasteiger partial charge in [0.05, 0.1) is 0 Å². The van der Waals surface area contributed by atoms with E-state index in [4.69, 9.17) is 0 Å². The number of hydrogen-bond donors (Lipinski definition) is 0. The van der Waals surface area contributed by atoms with E-state index in [1.165, 1.54) is 250 Å². The normalized spacial score (nSPS) is 10.1. The summed E-state index contributed by atoms with van der Waals surface area (Å²) in [4.78, 5) is 30.7. The molecule has 0 aromatic heterocycles. The molecule has 0 saturated heterocycles. The molecule has 0 aromatic rings. The number of carbonyl (C=O) groups excluding carboxylic acids is 3. The minimum absolute atomic E-state index is 0. The van der Waals surface area contributed by atoms with Gasteiger partial charge in [0.2, 0.25) is 0 Å². The van der Waals surface area contributed by atoms with Crippen LogP contribution in [-0.4, -0.2) is 72.5 Å². The molecule has 0 unspecified atom stereocenters. The molecule has 0 aliphatic heterocycles. The molecular formula is C66H132Al2O9. The second-order valence-electron chi connectivity index (χ2n) is 21.4. The third-order valence-electron chi connectivity index (χ3n) is 13.4. The van der Waals surface area contributed by atoms with Crippen molar-refractivity contribution in [3.8, 4) is 0 Å². The Morgan fingerprint density at radius 3 is 0.377 bits per heavy atom. The average molecular weight is 1120 g/mol. The molecule has 0 atom stereocenters. The first kappa shape index (κ1) is 92.8. The zero-order valence-corrected chi connectivity index (χ0v) is 54.9. The van der Waals surface area contributed by atoms with Crippen LogP contribution < -0.4 is 30.6 Å². The van der Waals surface area contributed by atoms with Gasteiger partial charge in [0.15, 0.2) is 0 Å². The van der Waals surface area contributed by atoms with Crippen LogP contribution >= 0.6 is 0 Å². The van der Waals surface area contributed by atoms with Crippen LogP contribution in [0.1, 0.15) is 388 Å². The molecule has 0 fully saturated rings. The van der Waals surface area contributed by atoms with E-state index >= 15 is 0 Å². The third-order valence-corrected chi connectivity index (χ3v) is 13.4. The number of aliphatic carboxylic acids is 3. The van der Waals surface area contributed by atoms with E-state index < -0.39 is 17.9 Å². The van der Waals surface area contributed by atoms with E-state index in [9.17, 15) is 45.0 Å². The fourth-order valence-electron chi connectivity index (χ4n) is 8.35. The van der Waals surface area contributed by atoms with Crippen LogP contribution in [0.15, 0.2) is 0 Å². The molecular weight excluding hydrogens is 991 g/mol. The molecule has 77 heavy (non-hydrogen) atoms. The van der Waals surface area contributed by atoms with Crippen LogP contribution in [-0.2, 0) is 14.4 Å². The molecule has 456 valence electrons. The van der Waals surface area contributed by atoms with Crippen LogP contribution in [0.4, 0.5) is 0 Å². The van der Waals surface area contributed by atoms with Gasteiger partial charge in [-0.15, -0.1) is 19.8 Å². The molecule has 0 aromatic carbocycles. The molecule has 9 nitrogen and oxygen atoms in total. The summed E-state index contributed by atoms with van der Waals surface area (Å²) >= 11 is 0. The summed E-state index contributed by atoms with van der Waals surface area (Å²) in [7, 11) is 0. The smallest absolute Gasteiger partial charge is 0.854 e. The molecule has 0 radical (unpaired) electrons. The molecule has 0 spiro atoms. The molecule has 0 aliphatic carbocycles. The van der Waals surface area contributed by atoms with Crippen molar-refractivity contribution in [2.45, 2.75) is 388 Å². The molecule has 11 heteroatoms. The van der Waals surface area contributed by atoms with Crippen LogP contribution in [0.3, 0.4) is 0 Å². The van der Waals surface area contributed by atoms with E-state index in [1.54, 1.807) is 0 Å². The Hall–Kier alpha value is -0.645. The first-order valence-electron chi connectivity index (χ1n) is 32.9. The summed E-state index contributed by atoms with van der Waals surface area (Å²) in [5.41, 5.74) is 0. The molecule has 0 heterocycles. The summed E-state index contributed by atoms with van der Waals surface area (Å²) in [5, 5.41) is 59.3. The first-order chi connectivity index (χ1) is 36.6. The number of unbranched alkanes of at least 4 members (excludes halogenated alkanes) is 45. The van der Waals surface area contributed by atoms with Crippen molar-refractivity contribution in [2.75, 3.05) is 19.8 Å². The summed E-state index contributed by atoms with van der Waals surface area (Å²) < 4.78 is 0. The number of carboxylic acid groups (broad SMARTS) is 3. The molecule has 0 saturated carbocycles. The van der Waals surface area contributed by atoms with Gasteiger partial charge in [0.25, 0.3) is 0 Å². The van der Waals surface area contributed by atoms with E-state index in [-0.39, 0.29) is 73.8 Å². The summed E-state index contributed by atoms with van der Waals surface area (Å²) in [5.74, 6) is -2.71. The summed E-state index contributed by atoms with van der Waals surface area (Å²) in [6, 6.07) is 0. The second-order valence-corrected chi connectivity index (χ2v) is 21.4. The number of hydrogen-bond acceptors (Lipinski definition) is 9. The summed E-state index contributed by atoms with van der Waals surface area (Å²) in [6.07, 6.45) is 65.2. The van der Waals surface area contributed by atoms with Gasteiger partial charge in [-0.25, -0.2) is 0 Å². The molecule has 0 amide bonds. The molecule has 0 rings (SSSR count). The van der Waals surface area contributed by atoms with Crippen molar-refractivity contribution >= 4 is 52.6 Å². The SMILES string of the molecule is CCCCCCCCCCCCCCCCCC(=O)[O-].CCCCCCCCCCCCCCCCCC(=O)[O-].CCCCCCCCCCCCCCCCCC(=O)[O-].CCCC[O-].CCCC[O-].CCCC[O-].[Al+3].[Al+3]. The monoisotopic (exact) mass is 1120 g/mol. The zero-order chi connectivity index (χ0) is 57.0. The molecule has 0 bridgehead atoms. The van der Waals surface area contributed by atoms with Crippen molar-refractivity contribution < 1.29 is 45.0 Å². The Kier molecular flexibility index (Phi) is 118. The maximum Gasteiger partial charge on any atom is 3.00 e. The van der Waals surface area contributed by atoms with Gasteiger partial charge >= 0.3 is 34.7 Å². The predicted octanol–water partition coefficient (Wildman–Crippen LogP) is 14.7. The van der Waals surface area contributed by atoms with Crippen molar-refractivity contribution in [3.63, 3.8) is 0 Å². The van der Waals surface area contributed by atoms with Crippen LogP contribution in [0.2, 0.25) is 0 Å². The van der Waals surface area contributed by atoms with Gasteiger partial charge in [-0.1, -0.05) is 350 Å². The topological polar surface area (TPSA) is 190 Å². The van der Waals surface area contributed by atoms with Gasteiger partial charge in [0, 0.05) is 17.9 Å². The van der Waals surface area contributed by atoms with E-state index in [2.05, 4.69) is 20.8 Å². The van der Waals surface area contributed by atoms with Crippen LogP contribution in [0.5, 0.6) is 0 Å². The Bertz CT molecular complexity index is 851. The standard InChI is InChI=1S/3C18H36O2.3C4H9O.2Al/c3*1-2-3-4-5-6-7-8-9-10-11-12-13-14-15-16-17-18(19)20;3*1-2-3-4-5;;/h3*2-17H2,1H3,(H,19,20);3*2-4H2,1H3;;/q;;;3*-1;2*+3/p-3. The fraction of sp³-hybridized carbons (Fsp3) is 0.955. The minimum atomic E-state index is -0.903. The predicted molar refractivity (Wildman–Crippen MR) is 324 cm³/mol. The number of carboxylic acids is 3. The largest absolute Gasteiger partial charge is 3.00 e. The Balaban J connectivity index is -0.000000134. The summed E-state index contributed by atoms with van der Waals surface area (Å²) in [6.45, 7) is 13.1. The van der Waals surface area contributed by atoms with Gasteiger partial charge in [0.1, 0.15) is 0 Å². The maximum atomic E-state index is 10.2. The Morgan fingerprint density at radius 2 is 0.299 bits per heavy atom. The van der Waals surface area contributed by atoms with Gasteiger partial charge in [-0.05, 0) is 38.5 Å². The fourth-order valence-corrected chi connectivity index (χ4v) is 8.35. The van der Waals surface area contributed by atoms with Crippen LogP contribution in [0.25, 0.3) is 0 Å². The van der Waals surface area contributed by atoms with Crippen LogP contribution in [0, 0.1) is 0 Å². The number of carbonyl (C=O) groups is 3. The van der Waals surface area contributed by atoms with Gasteiger partial charge < -0.3 is 45.0 Å². The van der Waals surface area contributed by atoms with Crippen molar-refractivity contribution in [3.05, 3.63) is 0 Å². The molecule has 0 aliphatic rings. The maximum absolute atomic E-state index is 10.2. The zero-order valence-electron chi connectivity index (χ0n) is 52.6. The van der Waals surface area contributed by atoms with E-state index in [0.29, 0.717) is 0 Å². The van der Waals surface area contributed by atoms with Crippen molar-refractivity contribution in [1.29, 1.82) is 0 Å². The minimum Gasteiger partial charge on any atom is -0.854 e. The Labute approximate surface area is 502 Å². The Morgan fingerprint density at radius 1 is 0.195 bits per heavy atom. The second kappa shape index (κ2) is 97.5. The van der Waals surface area contributed by atoms with Gasteiger partial charge in [-0.2, -0.15) is 0 Å². The van der Waals surface area contributed by atoms with E-state index in [1.807, 2.05) is 20.8 Å². The van der Waals surface area contributed by atoms with Gasteiger partial charge in [-0.3, -0.25) is 0 Å². The van der Waals surface area contributed by atoms with E-state index in [0.717, 1.165) is 77.0 Å². The third kappa shape index (κ3) is 128. The quantitative estimate of drug-likeness (QED) is 0.0421. The number of rotatable bonds is 54. The average Bonchev–Trinajstić information content (AvgIpc) is 3.39. The first-order valence-corrected chi connectivity index (χ1v) is 32.9. The van der Waals surface area contributed by atoms with Crippen molar-refractivity contribution in [2.24, 2.45) is 0 Å².